The number of benzene rings is 1. The maximum absolute atomic E-state index is 12.1. The lowest BCUT2D eigenvalue weighted by Crippen LogP contribution is -2.44. The molecule has 1 aromatic carbocycles. The predicted molar refractivity (Wildman–Crippen MR) is 228 cm³/mol. The SMILES string of the molecule is CCCC(C)NC(=O)NC(C)CCC(=O)NCCCCCCCC(=O)NCCOCCOCCNc1cc(NCCOCCOCCNC(=O)CN)c(N)cc1[N+](=O)[O-]. The van der Waals surface area contributed by atoms with Crippen LogP contribution >= 0.6 is 0 Å². The molecule has 0 aliphatic carbocycles. The van der Waals surface area contributed by atoms with Crippen molar-refractivity contribution in [2.75, 3.05) is 108 Å². The quantitative estimate of drug-likeness (QED) is 0.0201. The van der Waals surface area contributed by atoms with Crippen LogP contribution in [0.1, 0.15) is 85.0 Å². The average Bonchev–Trinajstić information content (AvgIpc) is 3.19. The molecule has 0 saturated carbocycles. The van der Waals surface area contributed by atoms with Gasteiger partial charge in [0.2, 0.25) is 17.7 Å². The van der Waals surface area contributed by atoms with Gasteiger partial charge >= 0.3 is 6.03 Å². The number of nitro groups is 1. The number of ether oxygens (including phenoxy) is 4. The van der Waals surface area contributed by atoms with Crippen LogP contribution in [0.2, 0.25) is 0 Å². The van der Waals surface area contributed by atoms with E-state index < -0.39 is 4.92 Å². The number of urea groups is 1. The lowest BCUT2D eigenvalue weighted by Gasteiger charge is -2.17. The van der Waals surface area contributed by atoms with Gasteiger partial charge < -0.3 is 67.6 Å². The average molecular weight is 841 g/mol. The van der Waals surface area contributed by atoms with Gasteiger partial charge in [0.25, 0.3) is 5.69 Å². The molecule has 0 aliphatic rings. The Balaban J connectivity index is 2.05. The Morgan fingerprint density at radius 2 is 1.14 bits per heavy atom. The van der Waals surface area contributed by atoms with Gasteiger partial charge in [0.15, 0.2) is 0 Å². The van der Waals surface area contributed by atoms with Gasteiger partial charge in [-0.05, 0) is 45.6 Å². The summed E-state index contributed by atoms with van der Waals surface area (Å²) in [5, 5.41) is 31.9. The smallest absolute Gasteiger partial charge is 0.315 e. The molecule has 59 heavy (non-hydrogen) atoms. The fourth-order valence-electron chi connectivity index (χ4n) is 5.57. The first-order valence-corrected chi connectivity index (χ1v) is 20.9. The van der Waals surface area contributed by atoms with Gasteiger partial charge in [-0.1, -0.05) is 32.6 Å². The van der Waals surface area contributed by atoms with E-state index in [1.807, 2.05) is 13.8 Å². The summed E-state index contributed by atoms with van der Waals surface area (Å²) in [6, 6.07) is 2.71. The van der Waals surface area contributed by atoms with Crippen molar-refractivity contribution in [1.29, 1.82) is 0 Å². The fourth-order valence-corrected chi connectivity index (χ4v) is 5.57. The third-order valence-corrected chi connectivity index (χ3v) is 8.74. The zero-order valence-corrected chi connectivity index (χ0v) is 35.5. The molecule has 0 heterocycles. The molecular weight excluding hydrogens is 768 g/mol. The Morgan fingerprint density at radius 1 is 0.644 bits per heavy atom. The Hall–Kier alpha value is -4.50. The second kappa shape index (κ2) is 34.4. The van der Waals surface area contributed by atoms with Gasteiger partial charge in [-0.25, -0.2) is 4.79 Å². The molecule has 0 saturated heterocycles. The van der Waals surface area contributed by atoms with Crippen molar-refractivity contribution in [2.24, 2.45) is 5.73 Å². The van der Waals surface area contributed by atoms with Crippen molar-refractivity contribution in [1.82, 2.24) is 26.6 Å². The predicted octanol–water partition coefficient (Wildman–Crippen LogP) is 2.37. The number of carbonyl (C=O) groups is 4. The first-order chi connectivity index (χ1) is 28.5. The first kappa shape index (κ1) is 52.5. The fraction of sp³-hybridized carbons (Fsp3) is 0.744. The molecule has 0 bridgehead atoms. The number of nitrogens with one attached hydrogen (secondary N) is 7. The molecule has 11 N–H and O–H groups in total. The van der Waals surface area contributed by atoms with Crippen LogP contribution in [0.15, 0.2) is 12.1 Å². The van der Waals surface area contributed by atoms with Crippen LogP contribution in [0.25, 0.3) is 0 Å². The van der Waals surface area contributed by atoms with Gasteiger partial charge in [0.1, 0.15) is 5.69 Å². The highest BCUT2D eigenvalue weighted by Crippen LogP contribution is 2.33. The maximum Gasteiger partial charge on any atom is 0.315 e. The molecule has 0 aromatic heterocycles. The highest BCUT2D eigenvalue weighted by molar-refractivity contribution is 5.79. The molecule has 2 atom stereocenters. The number of anilines is 3. The molecule has 2 unspecified atom stereocenters. The molecule has 0 fully saturated rings. The van der Waals surface area contributed by atoms with E-state index in [1.165, 1.54) is 6.07 Å². The van der Waals surface area contributed by atoms with E-state index >= 15 is 0 Å². The largest absolute Gasteiger partial charge is 0.397 e. The van der Waals surface area contributed by atoms with Crippen molar-refractivity contribution in [2.45, 2.75) is 97.1 Å². The maximum atomic E-state index is 12.1. The van der Waals surface area contributed by atoms with Crippen LogP contribution in [0.5, 0.6) is 0 Å². The number of amides is 5. The summed E-state index contributed by atoms with van der Waals surface area (Å²) in [6.45, 7) is 10.7. The first-order valence-electron chi connectivity index (χ1n) is 20.9. The third kappa shape index (κ3) is 28.5. The van der Waals surface area contributed by atoms with Crippen molar-refractivity contribution >= 4 is 46.5 Å². The minimum Gasteiger partial charge on any atom is -0.397 e. The minimum atomic E-state index is -0.503. The second-order valence-electron chi connectivity index (χ2n) is 14.0. The van der Waals surface area contributed by atoms with E-state index in [0.717, 1.165) is 44.9 Å². The Bertz CT molecular complexity index is 1340. The molecular formula is C39H72N10O10. The zero-order valence-electron chi connectivity index (χ0n) is 35.5. The zero-order chi connectivity index (χ0) is 43.5. The van der Waals surface area contributed by atoms with E-state index in [-0.39, 0.29) is 60.4 Å². The van der Waals surface area contributed by atoms with Crippen molar-refractivity contribution in [3.05, 3.63) is 22.2 Å². The summed E-state index contributed by atoms with van der Waals surface area (Å²) >= 11 is 0. The molecule has 338 valence electrons. The lowest BCUT2D eigenvalue weighted by molar-refractivity contribution is -0.383. The highest BCUT2D eigenvalue weighted by atomic mass is 16.6. The number of nitrogen functional groups attached to an aromatic ring is 1. The van der Waals surface area contributed by atoms with Gasteiger partial charge in [0, 0.05) is 63.7 Å². The van der Waals surface area contributed by atoms with E-state index in [0.29, 0.717) is 110 Å². The molecule has 0 spiro atoms. The molecule has 1 rings (SSSR count). The van der Waals surface area contributed by atoms with Crippen molar-refractivity contribution in [3.63, 3.8) is 0 Å². The van der Waals surface area contributed by atoms with E-state index in [2.05, 4.69) is 44.1 Å². The molecule has 20 heteroatoms. The summed E-state index contributed by atoms with van der Waals surface area (Å²) in [5.41, 5.74) is 12.2. The molecule has 5 amide bonds. The third-order valence-electron chi connectivity index (χ3n) is 8.74. The molecule has 0 radical (unpaired) electrons. The van der Waals surface area contributed by atoms with Gasteiger partial charge in [-0.15, -0.1) is 0 Å². The summed E-state index contributed by atoms with van der Waals surface area (Å²) in [5.74, 6) is -0.278. The van der Waals surface area contributed by atoms with Crippen molar-refractivity contribution in [3.8, 4) is 0 Å². The van der Waals surface area contributed by atoms with Crippen LogP contribution in [0.4, 0.5) is 27.5 Å². The monoisotopic (exact) mass is 841 g/mol. The summed E-state index contributed by atoms with van der Waals surface area (Å²) < 4.78 is 22.0. The summed E-state index contributed by atoms with van der Waals surface area (Å²) in [6.07, 6.45) is 7.88. The molecule has 0 aliphatic heterocycles. The second-order valence-corrected chi connectivity index (χ2v) is 14.0. The number of nitrogens with zero attached hydrogens (tertiary/aromatic N) is 1. The molecule has 20 nitrogen and oxygen atoms in total. The van der Waals surface area contributed by atoms with Crippen LogP contribution in [0.3, 0.4) is 0 Å². The number of hydrogen-bond donors (Lipinski definition) is 9. The van der Waals surface area contributed by atoms with Crippen molar-refractivity contribution < 1.29 is 43.0 Å². The Kier molecular flexibility index (Phi) is 30.6. The van der Waals surface area contributed by atoms with E-state index in [4.69, 9.17) is 30.4 Å². The number of rotatable bonds is 37. The number of nitrogens with two attached hydrogens (primary N) is 2. The summed E-state index contributed by atoms with van der Waals surface area (Å²) in [7, 11) is 0. The normalized spacial score (nSPS) is 11.9. The van der Waals surface area contributed by atoms with Crippen LogP contribution in [-0.4, -0.2) is 133 Å². The van der Waals surface area contributed by atoms with Gasteiger partial charge in [-0.2, -0.15) is 0 Å². The van der Waals surface area contributed by atoms with Crippen LogP contribution in [-0.2, 0) is 33.3 Å². The number of nitro benzene ring substituents is 1. The van der Waals surface area contributed by atoms with Crippen LogP contribution in [0, 0.1) is 10.1 Å². The van der Waals surface area contributed by atoms with E-state index in [9.17, 15) is 29.3 Å². The standard InChI is InChI=1S/C39H72N10O10/c1-4-10-30(2)47-39(53)48-31(3)12-13-37(51)44-14-9-7-5-6-8-11-36(50)45-17-21-58-25-24-57-20-16-43-34-28-33(32(41)27-35(34)49(54)55)42-15-19-56-23-26-59-22-18-46-38(52)29-40/h27-28,30-31,42-43H,4-26,29,40-41H2,1-3H3,(H,44,51)(H,45,50)(H,46,52)(H2,47,48,53). The lowest BCUT2D eigenvalue weighted by atomic mass is 10.1. The summed E-state index contributed by atoms with van der Waals surface area (Å²) in [4.78, 5) is 58.4. The highest BCUT2D eigenvalue weighted by Gasteiger charge is 2.17. The van der Waals surface area contributed by atoms with Gasteiger partial charge in [-0.3, -0.25) is 24.5 Å². The van der Waals surface area contributed by atoms with Gasteiger partial charge in [0.05, 0.1) is 75.7 Å². The number of unbranched alkanes of at least 4 members (excludes halogenated alkanes) is 4. The number of hydrogen-bond acceptors (Lipinski definition) is 14. The topological polar surface area (TPSA) is 285 Å². The minimum absolute atomic E-state index is 0.0161. The van der Waals surface area contributed by atoms with E-state index in [1.54, 1.807) is 6.07 Å². The Morgan fingerprint density at radius 3 is 1.71 bits per heavy atom. The Labute approximate surface area is 349 Å². The number of carbonyl (C=O) groups excluding carboxylic acids is 4. The van der Waals surface area contributed by atoms with Crippen LogP contribution < -0.4 is 48.7 Å². The molecule has 1 aromatic rings.